The van der Waals surface area contributed by atoms with Gasteiger partial charge in [0.05, 0.1) is 24.7 Å². The Morgan fingerprint density at radius 1 is 1.17 bits per heavy atom. The predicted octanol–water partition coefficient (Wildman–Crippen LogP) is 2.96. The maximum Gasteiger partial charge on any atom is 0.343 e. The second-order valence-corrected chi connectivity index (χ2v) is 6.87. The molecule has 3 N–H and O–H groups in total. The number of hydrogen-bond donors (Lipinski definition) is 2. The zero-order valence-electron chi connectivity index (χ0n) is 17.1. The summed E-state index contributed by atoms with van der Waals surface area (Å²) >= 11 is 1.09. The lowest BCUT2D eigenvalue weighted by atomic mass is 10.1. The van der Waals surface area contributed by atoms with E-state index in [4.69, 9.17) is 15.2 Å². The number of benzene rings is 1. The minimum atomic E-state index is -0.596. The normalized spacial score (nSPS) is 10.4. The van der Waals surface area contributed by atoms with Crippen LogP contribution in [0, 0.1) is 0 Å². The first-order valence-electron chi connectivity index (χ1n) is 9.41. The smallest absolute Gasteiger partial charge is 0.343 e. The summed E-state index contributed by atoms with van der Waals surface area (Å²) in [5.41, 5.74) is 6.81. The van der Waals surface area contributed by atoms with E-state index in [9.17, 15) is 14.4 Å². The number of nitrogens with one attached hydrogen (secondary N) is 1. The number of amides is 1. The van der Waals surface area contributed by atoms with Gasteiger partial charge in [0.1, 0.15) is 17.1 Å². The molecule has 30 heavy (non-hydrogen) atoms. The highest BCUT2D eigenvalue weighted by Crippen LogP contribution is 2.27. The quantitative estimate of drug-likeness (QED) is 0.251. The van der Waals surface area contributed by atoms with Crippen LogP contribution in [0.4, 0.5) is 11.5 Å². The number of Topliss-reactive ketones (excluding diaryl/α,β-unsaturated/α-hetero) is 1. The number of esters is 1. The molecule has 2 rings (SSSR count). The van der Waals surface area contributed by atoms with Gasteiger partial charge in [-0.05, 0) is 32.0 Å². The average molecular weight is 433 g/mol. The summed E-state index contributed by atoms with van der Waals surface area (Å²) in [6, 6.07) is 4.85. The summed E-state index contributed by atoms with van der Waals surface area (Å²) in [6.07, 6.45) is 1.62. The van der Waals surface area contributed by atoms with E-state index >= 15 is 0 Å². The molecule has 9 nitrogen and oxygen atoms in total. The fourth-order valence-electron chi connectivity index (χ4n) is 2.34. The van der Waals surface area contributed by atoms with Gasteiger partial charge in [-0.1, -0.05) is 18.7 Å². The van der Waals surface area contributed by atoms with Gasteiger partial charge < -0.3 is 20.5 Å². The van der Waals surface area contributed by atoms with Gasteiger partial charge in [-0.25, -0.2) is 14.8 Å². The minimum absolute atomic E-state index is 0.00644. The lowest BCUT2D eigenvalue weighted by molar-refractivity contribution is -0.115. The van der Waals surface area contributed by atoms with Gasteiger partial charge in [-0.2, -0.15) is 0 Å². The van der Waals surface area contributed by atoms with E-state index in [1.165, 1.54) is 6.20 Å². The van der Waals surface area contributed by atoms with E-state index in [0.717, 1.165) is 11.8 Å². The molecule has 2 aromatic rings. The van der Waals surface area contributed by atoms with E-state index < -0.39 is 5.97 Å². The summed E-state index contributed by atoms with van der Waals surface area (Å²) in [5.74, 6) is -0.439. The molecule has 1 aromatic heterocycles. The minimum Gasteiger partial charge on any atom is -0.492 e. The van der Waals surface area contributed by atoms with Crippen molar-refractivity contribution in [3.63, 3.8) is 0 Å². The lowest BCUT2D eigenvalue weighted by Gasteiger charge is -2.12. The zero-order chi connectivity index (χ0) is 22.1. The maximum absolute atomic E-state index is 12.6. The molecule has 0 aliphatic heterocycles. The van der Waals surface area contributed by atoms with Crippen molar-refractivity contribution in [1.82, 2.24) is 9.97 Å². The number of nitrogen functional groups attached to an aromatic ring is 1. The number of rotatable bonds is 10. The molecule has 1 aromatic carbocycles. The fourth-order valence-corrected chi connectivity index (χ4v) is 3.06. The van der Waals surface area contributed by atoms with E-state index in [2.05, 4.69) is 15.3 Å². The molecule has 0 bridgehead atoms. The molecule has 0 unspecified atom stereocenters. The fraction of sp³-hybridized carbons (Fsp3) is 0.350. The number of carbonyl (C=O) groups excluding carboxylic acids is 3. The van der Waals surface area contributed by atoms with E-state index in [0.29, 0.717) is 30.0 Å². The van der Waals surface area contributed by atoms with Crippen molar-refractivity contribution in [2.75, 3.05) is 30.0 Å². The highest BCUT2D eigenvalue weighted by molar-refractivity contribution is 7.99. The van der Waals surface area contributed by atoms with Crippen LogP contribution in [0.15, 0.2) is 29.6 Å². The van der Waals surface area contributed by atoms with Gasteiger partial charge >= 0.3 is 5.97 Å². The van der Waals surface area contributed by atoms with Gasteiger partial charge in [0.25, 0.3) is 0 Å². The number of nitrogens with zero attached hydrogens (tertiary/aromatic N) is 2. The third-order valence-electron chi connectivity index (χ3n) is 3.82. The molecule has 0 saturated heterocycles. The van der Waals surface area contributed by atoms with Crippen molar-refractivity contribution >= 4 is 40.9 Å². The molecule has 0 spiro atoms. The van der Waals surface area contributed by atoms with Crippen molar-refractivity contribution in [1.29, 1.82) is 0 Å². The average Bonchev–Trinajstić information content (AvgIpc) is 2.73. The van der Waals surface area contributed by atoms with Crippen molar-refractivity contribution in [3.05, 3.63) is 35.5 Å². The van der Waals surface area contributed by atoms with Crippen LogP contribution in [0.25, 0.3) is 0 Å². The lowest BCUT2D eigenvalue weighted by Crippen LogP contribution is -2.12. The Morgan fingerprint density at radius 2 is 1.93 bits per heavy atom. The van der Waals surface area contributed by atoms with E-state index in [1.807, 2.05) is 6.92 Å². The van der Waals surface area contributed by atoms with Crippen LogP contribution in [0.1, 0.15) is 47.9 Å². The van der Waals surface area contributed by atoms with Gasteiger partial charge in [0, 0.05) is 18.2 Å². The molecule has 0 aliphatic carbocycles. The molecule has 0 aliphatic rings. The predicted molar refractivity (Wildman–Crippen MR) is 114 cm³/mol. The number of ketones is 1. The third kappa shape index (κ3) is 6.18. The number of aromatic nitrogens is 2. The second-order valence-electron chi connectivity index (χ2n) is 5.93. The summed E-state index contributed by atoms with van der Waals surface area (Å²) < 4.78 is 10.4. The zero-order valence-corrected chi connectivity index (χ0v) is 17.9. The first-order valence-corrected chi connectivity index (χ1v) is 10.4. The highest BCUT2D eigenvalue weighted by Gasteiger charge is 2.16. The molecule has 1 heterocycles. The first-order chi connectivity index (χ1) is 14.4. The largest absolute Gasteiger partial charge is 0.492 e. The molecule has 0 radical (unpaired) electrons. The van der Waals surface area contributed by atoms with Crippen molar-refractivity contribution in [2.45, 2.75) is 32.3 Å². The van der Waals surface area contributed by atoms with Crippen molar-refractivity contribution < 1.29 is 23.9 Å². The summed E-state index contributed by atoms with van der Waals surface area (Å²) in [5, 5.41) is 3.02. The molecule has 1 amide bonds. The molecular formula is C20H24N4O5S. The molecule has 10 heteroatoms. The number of ether oxygens (including phenoxy) is 2. The number of anilines is 2. The van der Waals surface area contributed by atoms with Crippen LogP contribution < -0.4 is 15.8 Å². The summed E-state index contributed by atoms with van der Waals surface area (Å²) in [7, 11) is 0. The van der Waals surface area contributed by atoms with Crippen LogP contribution in [0.2, 0.25) is 0 Å². The van der Waals surface area contributed by atoms with Crippen LogP contribution in [0.3, 0.4) is 0 Å². The van der Waals surface area contributed by atoms with E-state index in [1.54, 1.807) is 32.0 Å². The van der Waals surface area contributed by atoms with Gasteiger partial charge in [-0.3, -0.25) is 9.59 Å². The second kappa shape index (κ2) is 11.1. The van der Waals surface area contributed by atoms with Crippen molar-refractivity contribution in [2.24, 2.45) is 0 Å². The number of nitrogens with two attached hydrogens (primary N) is 1. The Hall–Kier alpha value is -3.14. The molecule has 0 atom stereocenters. The summed E-state index contributed by atoms with van der Waals surface area (Å²) in [6.45, 7) is 5.86. The van der Waals surface area contributed by atoms with Crippen LogP contribution in [-0.2, 0) is 9.53 Å². The number of carbonyl (C=O) groups is 3. The van der Waals surface area contributed by atoms with Crippen molar-refractivity contribution in [3.8, 4) is 5.75 Å². The van der Waals surface area contributed by atoms with Crippen LogP contribution >= 0.6 is 11.8 Å². The Kier molecular flexibility index (Phi) is 8.60. The van der Waals surface area contributed by atoms with Crippen LogP contribution in [0.5, 0.6) is 5.75 Å². The Morgan fingerprint density at radius 3 is 2.57 bits per heavy atom. The SMILES string of the molecule is CCOC(=O)c1cnc(SCC(=O)c2ccc(NC(=O)CC)c(OCC)c2)nc1N. The topological polar surface area (TPSA) is 134 Å². The number of hydrogen-bond acceptors (Lipinski definition) is 9. The van der Waals surface area contributed by atoms with Crippen LogP contribution in [-0.4, -0.2) is 46.6 Å². The first kappa shape index (κ1) is 23.1. The van der Waals surface area contributed by atoms with Gasteiger partial charge in [-0.15, -0.1) is 0 Å². The monoisotopic (exact) mass is 432 g/mol. The number of thioether (sulfide) groups is 1. The Labute approximate surface area is 178 Å². The third-order valence-corrected chi connectivity index (χ3v) is 4.68. The molecule has 160 valence electrons. The molecule has 0 fully saturated rings. The Bertz CT molecular complexity index is 935. The highest BCUT2D eigenvalue weighted by atomic mass is 32.2. The standard InChI is InChI=1S/C20H24N4O5S/c1-4-17(26)23-14-8-7-12(9-16(14)28-5-2)15(25)11-30-20-22-10-13(18(21)24-20)19(27)29-6-3/h7-10H,4-6,11H2,1-3H3,(H,23,26)(H2,21,22,24). The van der Waals surface area contributed by atoms with Gasteiger partial charge in [0.15, 0.2) is 10.9 Å². The Balaban J connectivity index is 2.08. The van der Waals surface area contributed by atoms with Gasteiger partial charge in [0.2, 0.25) is 5.91 Å². The molecular weight excluding hydrogens is 408 g/mol. The summed E-state index contributed by atoms with van der Waals surface area (Å²) in [4.78, 5) is 44.1. The molecule has 0 saturated carbocycles. The maximum atomic E-state index is 12.6. The van der Waals surface area contributed by atoms with E-state index in [-0.39, 0.29) is 40.6 Å².